The van der Waals surface area contributed by atoms with Gasteiger partial charge in [-0.25, -0.2) is 9.48 Å². The van der Waals surface area contributed by atoms with E-state index in [4.69, 9.17) is 9.84 Å². The summed E-state index contributed by atoms with van der Waals surface area (Å²) in [5.41, 5.74) is -0.0771. The van der Waals surface area contributed by atoms with Crippen molar-refractivity contribution in [1.29, 1.82) is 0 Å². The van der Waals surface area contributed by atoms with E-state index in [1.807, 2.05) is 18.2 Å². The van der Waals surface area contributed by atoms with Gasteiger partial charge >= 0.3 is 11.7 Å². The highest BCUT2D eigenvalue weighted by atomic mass is 16.6. The van der Waals surface area contributed by atoms with E-state index < -0.39 is 22.3 Å². The Bertz CT molecular complexity index is 677. The maximum absolute atomic E-state index is 10.9. The van der Waals surface area contributed by atoms with Gasteiger partial charge in [-0.1, -0.05) is 26.0 Å². The van der Waals surface area contributed by atoms with Gasteiger partial charge in [-0.15, -0.1) is 0 Å². The van der Waals surface area contributed by atoms with Gasteiger partial charge in [-0.05, 0) is 23.6 Å². The predicted octanol–water partition coefficient (Wildman–Crippen LogP) is 2.65. The molecule has 2 rings (SSSR count). The average molecular weight is 305 g/mol. The molecule has 0 aliphatic heterocycles. The van der Waals surface area contributed by atoms with Gasteiger partial charge in [0, 0.05) is 0 Å². The zero-order valence-corrected chi connectivity index (χ0v) is 12.1. The molecule has 0 atom stereocenters. The van der Waals surface area contributed by atoms with Gasteiger partial charge in [0.05, 0.1) is 4.92 Å². The van der Waals surface area contributed by atoms with Crippen molar-refractivity contribution in [3.63, 3.8) is 0 Å². The number of carboxylic acid groups (broad SMARTS) is 1. The van der Waals surface area contributed by atoms with Crippen molar-refractivity contribution in [2.24, 2.45) is 0 Å². The van der Waals surface area contributed by atoms with E-state index >= 15 is 0 Å². The van der Waals surface area contributed by atoms with Crippen LogP contribution in [0.5, 0.6) is 5.75 Å². The van der Waals surface area contributed by atoms with Crippen molar-refractivity contribution in [2.75, 3.05) is 0 Å². The van der Waals surface area contributed by atoms with Crippen LogP contribution in [-0.4, -0.2) is 25.8 Å². The second kappa shape index (κ2) is 6.25. The Kier molecular flexibility index (Phi) is 4.40. The molecule has 22 heavy (non-hydrogen) atoms. The molecular formula is C14H15N3O5. The van der Waals surface area contributed by atoms with E-state index in [1.54, 1.807) is 6.07 Å². The van der Waals surface area contributed by atoms with E-state index in [0.717, 1.165) is 16.4 Å². The molecule has 8 heteroatoms. The molecule has 1 aromatic carbocycles. The van der Waals surface area contributed by atoms with Crippen molar-refractivity contribution >= 4 is 11.7 Å². The Hall–Kier alpha value is -2.90. The zero-order chi connectivity index (χ0) is 16.3. The van der Waals surface area contributed by atoms with E-state index in [9.17, 15) is 14.9 Å². The van der Waals surface area contributed by atoms with Gasteiger partial charge in [0.15, 0.2) is 6.73 Å². The Morgan fingerprint density at radius 1 is 1.50 bits per heavy atom. The van der Waals surface area contributed by atoms with Gasteiger partial charge in [0.2, 0.25) is 5.69 Å². The third-order valence-electron chi connectivity index (χ3n) is 3.03. The summed E-state index contributed by atoms with van der Waals surface area (Å²) in [5.74, 6) is -0.526. The number of benzene rings is 1. The van der Waals surface area contributed by atoms with Gasteiger partial charge < -0.3 is 9.84 Å². The molecule has 0 spiro atoms. The minimum atomic E-state index is -1.45. The number of aromatic carboxylic acids is 1. The first kappa shape index (κ1) is 15.5. The van der Waals surface area contributed by atoms with Gasteiger partial charge in [0.25, 0.3) is 0 Å². The standard InChI is InChI=1S/C14H15N3O5/c1-9(2)10-4-3-5-11(6-10)22-8-16-7-12(17(20)21)13(15-16)14(18)19/h3-7,9H,8H2,1-2H3,(H,18,19). The van der Waals surface area contributed by atoms with Gasteiger partial charge in [-0.2, -0.15) is 5.10 Å². The molecule has 116 valence electrons. The molecule has 0 saturated carbocycles. The Morgan fingerprint density at radius 2 is 2.23 bits per heavy atom. The number of ether oxygens (including phenoxy) is 1. The number of carbonyl (C=O) groups is 1. The number of carboxylic acids is 1. The van der Waals surface area contributed by atoms with Crippen LogP contribution in [-0.2, 0) is 6.73 Å². The molecule has 0 saturated heterocycles. The molecule has 1 N–H and O–H groups in total. The zero-order valence-electron chi connectivity index (χ0n) is 12.1. The number of hydrogen-bond acceptors (Lipinski definition) is 5. The van der Waals surface area contributed by atoms with Crippen LogP contribution < -0.4 is 4.74 Å². The van der Waals surface area contributed by atoms with Crippen LogP contribution in [0, 0.1) is 10.1 Å². The quantitative estimate of drug-likeness (QED) is 0.649. The summed E-state index contributed by atoms with van der Waals surface area (Å²) in [6, 6.07) is 7.43. The monoisotopic (exact) mass is 305 g/mol. The number of nitro groups is 1. The maximum atomic E-state index is 10.9. The fourth-order valence-electron chi connectivity index (χ4n) is 1.87. The number of aromatic nitrogens is 2. The summed E-state index contributed by atoms with van der Waals surface area (Å²) >= 11 is 0. The van der Waals surface area contributed by atoms with Crippen LogP contribution in [0.2, 0.25) is 0 Å². The molecule has 1 heterocycles. The van der Waals surface area contributed by atoms with E-state index in [0.29, 0.717) is 11.7 Å². The van der Waals surface area contributed by atoms with Crippen molar-refractivity contribution in [1.82, 2.24) is 9.78 Å². The fraction of sp³-hybridized carbons (Fsp3) is 0.286. The summed E-state index contributed by atoms with van der Waals surface area (Å²) in [7, 11) is 0. The first-order chi connectivity index (χ1) is 10.4. The van der Waals surface area contributed by atoms with E-state index in [1.165, 1.54) is 0 Å². The number of hydrogen-bond donors (Lipinski definition) is 1. The normalized spacial score (nSPS) is 10.7. The molecule has 1 aromatic heterocycles. The fourth-order valence-corrected chi connectivity index (χ4v) is 1.87. The summed E-state index contributed by atoms with van der Waals surface area (Å²) < 4.78 is 6.58. The Morgan fingerprint density at radius 3 is 2.77 bits per heavy atom. The first-order valence-corrected chi connectivity index (χ1v) is 6.56. The van der Waals surface area contributed by atoms with Crippen molar-refractivity contribution < 1.29 is 19.6 Å². The second-order valence-electron chi connectivity index (χ2n) is 4.97. The number of rotatable bonds is 6. The summed E-state index contributed by atoms with van der Waals surface area (Å²) in [5, 5.41) is 23.3. The average Bonchev–Trinajstić information content (AvgIpc) is 2.90. The second-order valence-corrected chi connectivity index (χ2v) is 4.97. The van der Waals surface area contributed by atoms with Crippen LogP contribution in [0.3, 0.4) is 0 Å². The first-order valence-electron chi connectivity index (χ1n) is 6.56. The lowest BCUT2D eigenvalue weighted by Gasteiger charge is -2.09. The van der Waals surface area contributed by atoms with Gasteiger partial charge in [-0.3, -0.25) is 10.1 Å². The van der Waals surface area contributed by atoms with Crippen LogP contribution in [0.25, 0.3) is 0 Å². The van der Waals surface area contributed by atoms with E-state index in [-0.39, 0.29) is 6.73 Å². The number of nitrogens with zero attached hydrogens (tertiary/aromatic N) is 3. The Balaban J connectivity index is 2.15. The van der Waals surface area contributed by atoms with Crippen molar-refractivity contribution in [2.45, 2.75) is 26.5 Å². The van der Waals surface area contributed by atoms with Crippen LogP contribution >= 0.6 is 0 Å². The summed E-state index contributed by atoms with van der Waals surface area (Å²) in [4.78, 5) is 20.9. The molecule has 0 aliphatic rings. The molecule has 2 aromatic rings. The molecule has 8 nitrogen and oxygen atoms in total. The molecule has 0 unspecified atom stereocenters. The topological polar surface area (TPSA) is 107 Å². The maximum Gasteiger partial charge on any atom is 0.363 e. The molecule has 0 bridgehead atoms. The largest absolute Gasteiger partial charge is 0.476 e. The summed E-state index contributed by atoms with van der Waals surface area (Å²) in [6.45, 7) is 3.99. The summed E-state index contributed by atoms with van der Waals surface area (Å²) in [6.07, 6.45) is 1.04. The smallest absolute Gasteiger partial charge is 0.363 e. The molecular weight excluding hydrogens is 290 g/mol. The van der Waals surface area contributed by atoms with Crippen LogP contribution in [0.1, 0.15) is 35.8 Å². The highest BCUT2D eigenvalue weighted by Crippen LogP contribution is 2.21. The predicted molar refractivity (Wildman–Crippen MR) is 77.0 cm³/mol. The lowest BCUT2D eigenvalue weighted by Crippen LogP contribution is -2.08. The third kappa shape index (κ3) is 3.40. The van der Waals surface area contributed by atoms with Gasteiger partial charge in [0.1, 0.15) is 11.9 Å². The van der Waals surface area contributed by atoms with Crippen LogP contribution in [0.15, 0.2) is 30.5 Å². The Labute approximate surface area is 126 Å². The molecule has 0 aliphatic carbocycles. The molecule has 0 amide bonds. The lowest BCUT2D eigenvalue weighted by atomic mass is 10.0. The third-order valence-corrected chi connectivity index (χ3v) is 3.03. The minimum absolute atomic E-state index is 0.115. The van der Waals surface area contributed by atoms with Crippen molar-refractivity contribution in [3.05, 3.63) is 51.8 Å². The molecule has 0 fully saturated rings. The highest BCUT2D eigenvalue weighted by Gasteiger charge is 2.25. The highest BCUT2D eigenvalue weighted by molar-refractivity contribution is 5.89. The lowest BCUT2D eigenvalue weighted by molar-refractivity contribution is -0.385. The van der Waals surface area contributed by atoms with Crippen molar-refractivity contribution in [3.8, 4) is 5.75 Å². The van der Waals surface area contributed by atoms with E-state index in [2.05, 4.69) is 18.9 Å². The van der Waals surface area contributed by atoms with Crippen LogP contribution in [0.4, 0.5) is 5.69 Å². The SMILES string of the molecule is CC(C)c1cccc(OCn2cc([N+](=O)[O-])c(C(=O)O)n2)c1. The molecule has 0 radical (unpaired) electrons. The minimum Gasteiger partial charge on any atom is -0.476 e.